The first kappa shape index (κ1) is 105. The molecule has 10 aromatic rings. The highest BCUT2D eigenvalue weighted by Crippen LogP contribution is 1.87. The Balaban J connectivity index is -0.0000000937. The summed E-state index contributed by atoms with van der Waals surface area (Å²) in [6, 6.07) is 7.63. The van der Waals surface area contributed by atoms with Gasteiger partial charge in [0.25, 0.3) is 0 Å². The molecule has 0 atom stereocenters. The van der Waals surface area contributed by atoms with Crippen LogP contribution in [-0.4, -0.2) is 103 Å². The van der Waals surface area contributed by atoms with Crippen LogP contribution in [0.25, 0.3) is 0 Å². The number of nitrogens with zero attached hydrogens (tertiary/aromatic N) is 15. The van der Waals surface area contributed by atoms with Crippen molar-refractivity contribution in [2.45, 2.75) is 208 Å². The van der Waals surface area contributed by atoms with Gasteiger partial charge in [0, 0.05) is 54.1 Å². The lowest BCUT2D eigenvalue weighted by molar-refractivity contribution is 0.736. The quantitative estimate of drug-likeness (QED) is 0.0823. The number of hydrogen-bond acceptors (Lipinski definition) is 19. The fraction of sp³-hybridized carbons (Fsp3) is 0.615. The van der Waals surface area contributed by atoms with E-state index in [1.165, 1.54) is 65.3 Å². The first-order chi connectivity index (χ1) is 42.3. The highest BCUT2D eigenvalue weighted by molar-refractivity contribution is 7.03. The van der Waals surface area contributed by atoms with Crippen LogP contribution in [0.1, 0.15) is 208 Å². The summed E-state index contributed by atoms with van der Waals surface area (Å²) in [4.78, 5) is 16.5. The Morgan fingerprint density at radius 1 is 0.278 bits per heavy atom. The van der Waals surface area contributed by atoms with Crippen LogP contribution in [-0.2, 0) is 0 Å². The number of H-pyrrole nitrogens is 6. The summed E-state index contributed by atoms with van der Waals surface area (Å²) in [5, 5.41) is 38.1. The fourth-order valence-corrected chi connectivity index (χ4v) is 2.96. The van der Waals surface area contributed by atoms with Crippen LogP contribution in [0.4, 0.5) is 0 Å². The zero-order valence-corrected chi connectivity index (χ0v) is 64.8. The third-order valence-corrected chi connectivity index (χ3v) is 5.31. The number of imidazole rings is 1. The summed E-state index contributed by atoms with van der Waals surface area (Å²) in [7, 11) is 0. The predicted octanol–water partition coefficient (Wildman–Crippen LogP) is 20.6. The molecule has 0 aliphatic rings. The minimum atomic E-state index is 0.833. The molecule has 10 heterocycles. The summed E-state index contributed by atoms with van der Waals surface area (Å²) in [5.41, 5.74) is 1.68. The molecule has 0 aliphatic carbocycles. The van der Waals surface area contributed by atoms with Crippen LogP contribution >= 0.6 is 46.3 Å². The van der Waals surface area contributed by atoms with E-state index < -0.39 is 0 Å². The largest absolute Gasteiger partial charge is 0.368 e. The number of hydrogen-bond donors (Lipinski definition) is 6. The van der Waals surface area contributed by atoms with Crippen molar-refractivity contribution < 1.29 is 0 Å². The lowest BCUT2D eigenvalue weighted by atomic mass is 10.3. The van der Waals surface area contributed by atoms with Crippen molar-refractivity contribution in [2.24, 2.45) is 59.2 Å². The lowest BCUT2D eigenvalue weighted by Gasteiger charge is -1.79. The average Bonchev–Trinajstić information content (AvgIpc) is 4.30. The Morgan fingerprint density at radius 3 is 0.811 bits per heavy atom. The maximum absolute atomic E-state index is 3.76. The number of rotatable bonds is 0. The van der Waals surface area contributed by atoms with E-state index in [1.807, 2.05) is 47.4 Å². The molecular formula is C65H131N21S4. The normalized spacial score (nSPS) is 8.44. The van der Waals surface area contributed by atoms with E-state index in [0.29, 0.717) is 0 Å². The van der Waals surface area contributed by atoms with Crippen LogP contribution < -0.4 is 0 Å². The van der Waals surface area contributed by atoms with Crippen LogP contribution in [0.3, 0.4) is 0 Å². The molecule has 520 valence electrons. The molecule has 25 heteroatoms. The SMILES string of the molecule is CC(C)C.CC(C)C.CC(C)C.CC(C)C.CC(C)C.CC(C)C.CC(C)C.CC(C)C.CC(C)C.CC(C)C.c1c[nH]cn1.c1cc[nH]c1.c1cn[nH]c1.c1cn[nH]n1.c1cn[nH]n1.c1cnsc1.c1cnsn1.c1csnn1.c1nc[nH]n1.c1ncsn1. The monoisotopic (exact) mass is 1330 g/mol. The smallest absolute Gasteiger partial charge is 0.137 e. The zero-order chi connectivity index (χ0) is 71.1. The van der Waals surface area contributed by atoms with Gasteiger partial charge in [-0.25, -0.2) is 19.3 Å². The first-order valence-electron chi connectivity index (χ1n) is 30.6. The molecule has 10 aromatic heterocycles. The third-order valence-electron chi connectivity index (χ3n) is 3.50. The van der Waals surface area contributed by atoms with Crippen molar-refractivity contribution in [3.63, 3.8) is 0 Å². The van der Waals surface area contributed by atoms with E-state index in [4.69, 9.17) is 0 Å². The van der Waals surface area contributed by atoms with E-state index in [2.05, 4.69) is 311 Å². The van der Waals surface area contributed by atoms with Gasteiger partial charge in [-0.3, -0.25) is 10.2 Å². The Hall–Kier alpha value is -6.57. The minimum absolute atomic E-state index is 0.833. The van der Waals surface area contributed by atoms with Crippen LogP contribution in [0.5, 0.6) is 0 Å². The maximum atomic E-state index is 3.76. The molecule has 0 saturated heterocycles. The Bertz CT molecular complexity index is 1460. The second-order valence-electron chi connectivity index (χ2n) is 24.1. The summed E-state index contributed by atoms with van der Waals surface area (Å²) in [6.07, 6.45) is 29.8. The second-order valence-corrected chi connectivity index (χ2v) is 26.7. The molecule has 0 amide bonds. The minimum Gasteiger partial charge on any atom is -0.368 e. The highest BCUT2D eigenvalue weighted by Gasteiger charge is 1.73. The molecule has 0 unspecified atom stereocenters. The van der Waals surface area contributed by atoms with Crippen molar-refractivity contribution in [2.75, 3.05) is 0 Å². The summed E-state index contributed by atoms with van der Waals surface area (Å²) < 4.78 is 18.2. The molecule has 0 aliphatic heterocycles. The lowest BCUT2D eigenvalue weighted by Crippen LogP contribution is -1.66. The molecule has 10 rings (SSSR count). The number of aromatic nitrogens is 21. The standard InChI is InChI=1S/C4H5N.10C4H10.2C3H4N2.C3H3NS.3C2H3N3.3C2H2N2S/c1-2-4-5-3-1;10*1-4(2)3;1-2-5-3-4-1;2*1-2-4-5-3-1;1-3-2-5-4-1;2*1-2-4-5-3-1;1-3-2-5-4-1;1-2-5-4-3-1;1-2-4-5-3-1/h1-5H;10*4H,1-3H3;2*1-3H,(H,4,5);1-3H;3*1-2H,(H,3,4,5);3*1-2H. The van der Waals surface area contributed by atoms with Gasteiger partial charge < -0.3 is 9.97 Å². The van der Waals surface area contributed by atoms with Gasteiger partial charge >= 0.3 is 0 Å². The second kappa shape index (κ2) is 101. The summed E-state index contributed by atoms with van der Waals surface area (Å²) in [6.45, 7) is 65.0. The molecular weight excluding hydrogens is 1200 g/mol. The molecule has 0 bridgehead atoms. The van der Waals surface area contributed by atoms with E-state index in [1.54, 1.807) is 86.2 Å². The van der Waals surface area contributed by atoms with Crippen LogP contribution in [0.2, 0.25) is 0 Å². The van der Waals surface area contributed by atoms with Gasteiger partial charge in [0.15, 0.2) is 0 Å². The number of nitrogens with one attached hydrogen (secondary N) is 6. The van der Waals surface area contributed by atoms with E-state index in [-0.39, 0.29) is 0 Å². The first-order valence-corrected chi connectivity index (χ1v) is 33.8. The maximum Gasteiger partial charge on any atom is 0.137 e. The zero-order valence-electron chi connectivity index (χ0n) is 61.5. The molecule has 0 aromatic carbocycles. The third kappa shape index (κ3) is 279. The van der Waals surface area contributed by atoms with Crippen LogP contribution in [0.15, 0.2) is 153 Å². The predicted molar refractivity (Wildman–Crippen MR) is 394 cm³/mol. The molecule has 21 nitrogen and oxygen atoms in total. The van der Waals surface area contributed by atoms with Gasteiger partial charge in [0.1, 0.15) is 24.5 Å². The Kier molecular flexibility index (Phi) is 118. The van der Waals surface area contributed by atoms with Gasteiger partial charge in [0.2, 0.25) is 0 Å². The van der Waals surface area contributed by atoms with E-state index >= 15 is 0 Å². The van der Waals surface area contributed by atoms with Gasteiger partial charge in [-0.2, -0.15) is 54.1 Å². The molecule has 6 N–H and O–H groups in total. The van der Waals surface area contributed by atoms with Crippen LogP contribution in [0, 0.1) is 59.2 Å². The molecule has 0 fully saturated rings. The van der Waals surface area contributed by atoms with E-state index in [0.717, 1.165) is 59.2 Å². The Morgan fingerprint density at radius 2 is 0.711 bits per heavy atom. The molecule has 90 heavy (non-hydrogen) atoms. The highest BCUT2D eigenvalue weighted by atomic mass is 32.1. The summed E-state index contributed by atoms with van der Waals surface area (Å²) in [5.74, 6) is 8.33. The average molecular weight is 1340 g/mol. The van der Waals surface area contributed by atoms with Gasteiger partial charge in [-0.1, -0.05) is 212 Å². The fourth-order valence-electron chi connectivity index (χ4n) is 1.79. The Labute approximate surface area is 565 Å². The van der Waals surface area contributed by atoms with E-state index in [9.17, 15) is 0 Å². The van der Waals surface area contributed by atoms with Gasteiger partial charge in [0.05, 0.1) is 61.4 Å². The number of aromatic amines is 6. The van der Waals surface area contributed by atoms with Crippen molar-refractivity contribution >= 4 is 46.3 Å². The van der Waals surface area contributed by atoms with Crippen molar-refractivity contribution in [3.8, 4) is 0 Å². The molecule has 0 radical (unpaired) electrons. The van der Waals surface area contributed by atoms with Crippen molar-refractivity contribution in [3.05, 3.63) is 153 Å². The summed E-state index contributed by atoms with van der Waals surface area (Å²) >= 11 is 5.38. The van der Waals surface area contributed by atoms with Gasteiger partial charge in [-0.05, 0) is 118 Å². The topological polar surface area (TPSA) is 288 Å². The van der Waals surface area contributed by atoms with Gasteiger partial charge in [-0.15, -0.1) is 5.10 Å². The van der Waals surface area contributed by atoms with Crippen molar-refractivity contribution in [1.82, 2.24) is 103 Å². The van der Waals surface area contributed by atoms with Crippen molar-refractivity contribution in [1.29, 1.82) is 0 Å². The molecule has 0 saturated carbocycles. The molecule has 0 spiro atoms.